The lowest BCUT2D eigenvalue weighted by Crippen LogP contribution is -2.39. The van der Waals surface area contributed by atoms with Gasteiger partial charge in [0.05, 0.1) is 17.1 Å². The van der Waals surface area contributed by atoms with Crippen LogP contribution in [0.5, 0.6) is 5.88 Å². The molecule has 0 unspecified atom stereocenters. The average molecular weight is 489 g/mol. The van der Waals surface area contributed by atoms with E-state index in [2.05, 4.69) is 5.10 Å². The molecule has 2 aromatic carbocycles. The highest BCUT2D eigenvalue weighted by molar-refractivity contribution is 6.53. The van der Waals surface area contributed by atoms with Crippen molar-refractivity contribution in [1.82, 2.24) is 9.78 Å². The Morgan fingerprint density at radius 3 is 2.31 bits per heavy atom. The Labute approximate surface area is 204 Å². The van der Waals surface area contributed by atoms with Gasteiger partial charge in [0.1, 0.15) is 11.4 Å². The van der Waals surface area contributed by atoms with Gasteiger partial charge in [-0.05, 0) is 48.7 Å². The molecule has 5 rings (SSSR count). The Bertz CT molecular complexity index is 1500. The number of hydrogen-bond acceptors (Lipinski definition) is 4. The van der Waals surface area contributed by atoms with Crippen molar-refractivity contribution in [3.05, 3.63) is 101 Å². The summed E-state index contributed by atoms with van der Waals surface area (Å²) in [6, 6.07) is 17.1. The van der Waals surface area contributed by atoms with E-state index in [4.69, 9.17) is 11.6 Å². The van der Waals surface area contributed by atoms with Crippen LogP contribution < -0.4 is 14.6 Å². The van der Waals surface area contributed by atoms with Crippen LogP contribution in [-0.2, 0) is 16.0 Å². The highest BCUT2D eigenvalue weighted by Gasteiger charge is 2.48. The second-order valence-corrected chi connectivity index (χ2v) is 8.21. The first-order valence-corrected chi connectivity index (χ1v) is 11.2. The van der Waals surface area contributed by atoms with Crippen molar-refractivity contribution in [1.29, 1.82) is 0 Å². The van der Waals surface area contributed by atoms with E-state index in [-0.39, 0.29) is 22.5 Å². The van der Waals surface area contributed by atoms with Crippen LogP contribution in [0, 0.1) is 5.82 Å². The third-order valence-electron chi connectivity index (χ3n) is 5.70. The number of rotatable bonds is 5. The predicted octanol–water partition coefficient (Wildman–Crippen LogP) is 3.53. The number of carbonyl (C=O) groups excluding carboxylic acids is 2. The van der Waals surface area contributed by atoms with E-state index < -0.39 is 23.5 Å². The minimum atomic E-state index is -0.797. The lowest BCUT2D eigenvalue weighted by Gasteiger charge is -2.16. The number of anilines is 1. The Hall–Kier alpha value is -4.30. The van der Waals surface area contributed by atoms with Gasteiger partial charge in [0.15, 0.2) is 12.4 Å². The largest absolute Gasteiger partial charge is 0.858 e. The van der Waals surface area contributed by atoms with Crippen LogP contribution in [0.3, 0.4) is 0 Å². The highest BCUT2D eigenvalue weighted by atomic mass is 35.5. The minimum Gasteiger partial charge on any atom is -0.858 e. The number of imide groups is 1. The molecule has 1 aliphatic heterocycles. The van der Waals surface area contributed by atoms with E-state index in [0.717, 1.165) is 11.0 Å². The normalized spacial score (nSPS) is 13.7. The molecule has 2 amide bonds. The minimum absolute atomic E-state index is 0.00555. The number of halogens is 2. The molecule has 0 saturated heterocycles. The zero-order valence-electron chi connectivity index (χ0n) is 18.5. The number of aryl methyl sites for hydroxylation is 1. The van der Waals surface area contributed by atoms with Crippen molar-refractivity contribution >= 4 is 40.4 Å². The summed E-state index contributed by atoms with van der Waals surface area (Å²) < 4.78 is 17.3. The smallest absolute Gasteiger partial charge is 0.331 e. The van der Waals surface area contributed by atoms with Crippen molar-refractivity contribution in [2.45, 2.75) is 13.3 Å². The van der Waals surface area contributed by atoms with Gasteiger partial charge >= 0.3 is 5.91 Å². The van der Waals surface area contributed by atoms with Gasteiger partial charge < -0.3 is 5.11 Å². The number of nitrogens with zero attached hydrogens (tertiary/aromatic N) is 4. The fraction of sp³-hybridized carbons (Fsp3) is 0.0769. The van der Waals surface area contributed by atoms with Crippen molar-refractivity contribution in [2.75, 3.05) is 4.90 Å². The third-order valence-corrected chi connectivity index (χ3v) is 5.95. The summed E-state index contributed by atoms with van der Waals surface area (Å²) >= 11 is 5.98. The van der Waals surface area contributed by atoms with Gasteiger partial charge in [0.2, 0.25) is 0 Å². The summed E-state index contributed by atoms with van der Waals surface area (Å²) in [5.74, 6) is -2.84. The van der Waals surface area contributed by atoms with Crippen molar-refractivity contribution in [3.63, 3.8) is 0 Å². The van der Waals surface area contributed by atoms with Crippen LogP contribution in [0.4, 0.5) is 10.1 Å². The van der Waals surface area contributed by atoms with Gasteiger partial charge in [0, 0.05) is 22.7 Å². The van der Waals surface area contributed by atoms with Crippen molar-refractivity contribution in [3.8, 4) is 11.6 Å². The monoisotopic (exact) mass is 488 g/mol. The molecular weight excluding hydrogens is 471 g/mol. The maximum atomic E-state index is 14.7. The van der Waals surface area contributed by atoms with Crippen LogP contribution >= 0.6 is 11.6 Å². The van der Waals surface area contributed by atoms with Crippen LogP contribution in [0.15, 0.2) is 79.1 Å². The van der Waals surface area contributed by atoms with Crippen LogP contribution in [0.25, 0.3) is 17.0 Å². The second-order valence-electron chi connectivity index (χ2n) is 7.77. The Morgan fingerprint density at radius 2 is 1.66 bits per heavy atom. The standard InChI is InChI=1S/C26H18ClFN4O3/c1-2-19-21(25(34)32(29-19)17-12-10-16(27)11-13-17)22-23(30-14-6-3-7-15-30)26(35)31(24(22)33)20-9-5-4-8-18(20)28/h3-15H,2H2,1H3. The van der Waals surface area contributed by atoms with Crippen LogP contribution in [-0.4, -0.2) is 21.6 Å². The Morgan fingerprint density at radius 1 is 0.971 bits per heavy atom. The zero-order chi connectivity index (χ0) is 24.7. The SMILES string of the molecule is CCc1nn(-c2ccc(Cl)cc2)c([O-])c1C1=C([n+]2ccccc2)C(=O)N(c2ccccc2F)C1=O. The topological polar surface area (TPSA) is 82.1 Å². The van der Waals surface area contributed by atoms with Gasteiger partial charge in [-0.3, -0.25) is 9.59 Å². The second kappa shape index (κ2) is 8.81. The first-order chi connectivity index (χ1) is 16.9. The van der Waals surface area contributed by atoms with Gasteiger partial charge in [-0.15, -0.1) is 0 Å². The number of hydrogen-bond donors (Lipinski definition) is 0. The van der Waals surface area contributed by atoms with E-state index in [1.54, 1.807) is 61.8 Å². The van der Waals surface area contributed by atoms with Crippen LogP contribution in [0.2, 0.25) is 5.02 Å². The third kappa shape index (κ3) is 3.68. The fourth-order valence-corrected chi connectivity index (χ4v) is 4.21. The summed E-state index contributed by atoms with van der Waals surface area (Å²) in [5.41, 5.74) is 0.425. The molecule has 9 heteroatoms. The van der Waals surface area contributed by atoms with E-state index in [0.29, 0.717) is 22.8 Å². The maximum Gasteiger partial charge on any atom is 0.331 e. The summed E-state index contributed by atoms with van der Waals surface area (Å²) in [6.07, 6.45) is 3.50. The van der Waals surface area contributed by atoms with Gasteiger partial charge in [-0.1, -0.05) is 36.7 Å². The molecule has 174 valence electrons. The number of para-hydroxylation sites is 1. The molecule has 0 atom stereocenters. The summed E-state index contributed by atoms with van der Waals surface area (Å²) in [7, 11) is 0. The Balaban J connectivity index is 1.77. The van der Waals surface area contributed by atoms with Crippen molar-refractivity contribution in [2.24, 2.45) is 0 Å². The maximum absolute atomic E-state index is 14.7. The molecule has 0 fully saturated rings. The average Bonchev–Trinajstić information content (AvgIpc) is 3.32. The highest BCUT2D eigenvalue weighted by Crippen LogP contribution is 2.39. The van der Waals surface area contributed by atoms with E-state index >= 15 is 0 Å². The van der Waals surface area contributed by atoms with E-state index in [9.17, 15) is 19.1 Å². The first-order valence-electron chi connectivity index (χ1n) is 10.8. The molecule has 7 nitrogen and oxygen atoms in total. The zero-order valence-corrected chi connectivity index (χ0v) is 19.2. The molecule has 0 saturated carbocycles. The summed E-state index contributed by atoms with van der Waals surface area (Å²) in [5, 5.41) is 18.6. The number of pyridine rings is 1. The summed E-state index contributed by atoms with van der Waals surface area (Å²) in [4.78, 5) is 28.1. The molecule has 1 aliphatic rings. The van der Waals surface area contributed by atoms with E-state index in [1.165, 1.54) is 27.4 Å². The van der Waals surface area contributed by atoms with Gasteiger partial charge in [-0.2, -0.15) is 9.67 Å². The molecule has 4 aromatic rings. The molecule has 35 heavy (non-hydrogen) atoms. The number of amides is 2. The molecular formula is C26H18ClFN4O3. The van der Waals surface area contributed by atoms with Crippen LogP contribution in [0.1, 0.15) is 18.2 Å². The first kappa shape index (κ1) is 22.5. The predicted molar refractivity (Wildman–Crippen MR) is 126 cm³/mol. The van der Waals surface area contributed by atoms with Gasteiger partial charge in [0.25, 0.3) is 11.6 Å². The Kier molecular flexibility index (Phi) is 5.66. The van der Waals surface area contributed by atoms with Crippen molar-refractivity contribution < 1.29 is 23.7 Å². The lowest BCUT2D eigenvalue weighted by atomic mass is 10.0. The number of aromatic nitrogens is 3. The molecule has 0 radical (unpaired) electrons. The number of benzene rings is 2. The lowest BCUT2D eigenvalue weighted by molar-refractivity contribution is -0.576. The summed E-state index contributed by atoms with van der Waals surface area (Å²) in [6.45, 7) is 1.79. The molecule has 0 aliphatic carbocycles. The molecule has 2 aromatic heterocycles. The van der Waals surface area contributed by atoms with Gasteiger partial charge in [-0.25, -0.2) is 14.0 Å². The number of carbonyl (C=O) groups is 2. The fourth-order valence-electron chi connectivity index (χ4n) is 4.08. The van der Waals surface area contributed by atoms with E-state index in [1.807, 2.05) is 0 Å². The molecule has 0 N–H and O–H groups in total. The molecule has 0 bridgehead atoms. The molecule has 3 heterocycles. The molecule has 0 spiro atoms. The quantitative estimate of drug-likeness (QED) is 0.318.